The Hall–Kier alpha value is -1.11. The van der Waals surface area contributed by atoms with Gasteiger partial charge in [-0.1, -0.05) is 13.8 Å². The van der Waals surface area contributed by atoms with Crippen molar-refractivity contribution >= 4 is 24.3 Å². The van der Waals surface area contributed by atoms with Gasteiger partial charge in [-0.25, -0.2) is 4.79 Å². The molecular weight excluding hydrogens is 296 g/mol. The molecule has 0 radical (unpaired) electrons. The minimum absolute atomic E-state index is 0. The van der Waals surface area contributed by atoms with E-state index in [0.717, 1.165) is 0 Å². The van der Waals surface area contributed by atoms with Crippen LogP contribution in [-0.2, 0) is 14.3 Å². The number of halogens is 1. The molecule has 1 rings (SSSR count). The Kier molecular flexibility index (Phi) is 6.36. The molecule has 4 N–H and O–H groups in total. The Morgan fingerprint density at radius 3 is 2.67 bits per heavy atom. The first-order chi connectivity index (χ1) is 10.6. The molecule has 0 unspecified atom stereocenters. The van der Waals surface area contributed by atoms with Crippen molar-refractivity contribution in [1.29, 1.82) is 0 Å². The fraction of sp³-hybridized carbons (Fsp3) is 0.714. The van der Waals surface area contributed by atoms with E-state index in [1.165, 1.54) is 6.08 Å². The van der Waals surface area contributed by atoms with Gasteiger partial charge in [0.2, 0.25) is 5.91 Å². The molecule has 122 valence electrons. The lowest BCUT2D eigenvalue weighted by molar-refractivity contribution is -0.133. The number of amides is 1. The summed E-state index contributed by atoms with van der Waals surface area (Å²) in [5.41, 5.74) is 6.07. The Balaban J connectivity index is 0.00000529. The van der Waals surface area contributed by atoms with Crippen LogP contribution in [0.25, 0.3) is 0 Å². The smallest absolute Gasteiger partial charge is 0.331 e. The van der Waals surface area contributed by atoms with E-state index in [1.807, 2.05) is 13.8 Å². The zero-order chi connectivity index (χ0) is 17.8. The van der Waals surface area contributed by atoms with Crippen molar-refractivity contribution in [2.75, 3.05) is 0 Å². The van der Waals surface area contributed by atoms with Crippen LogP contribution in [0, 0.1) is 0 Å². The van der Waals surface area contributed by atoms with Crippen LogP contribution in [0.2, 0.25) is 0 Å². The highest BCUT2D eigenvalue weighted by Crippen LogP contribution is 2.23. The number of carbonyl (C=O) groups is 2. The number of aliphatic carboxylic acids is 1. The fourth-order valence-corrected chi connectivity index (χ4v) is 2.32. The first-order valence-electron chi connectivity index (χ1n) is 8.26. The Morgan fingerprint density at radius 2 is 2.19 bits per heavy atom. The number of nitrogens with two attached hydrogens (primary N) is 1. The number of carboxylic acids is 1. The number of ether oxygens (including phenoxy) is 1. The zero-order valence-corrected chi connectivity index (χ0v) is 13.0. The van der Waals surface area contributed by atoms with Gasteiger partial charge in [-0.3, -0.25) is 4.79 Å². The molecule has 0 heterocycles. The molecule has 21 heavy (non-hydrogen) atoms. The lowest BCUT2D eigenvalue weighted by atomic mass is 9.88. The molecule has 6 nitrogen and oxygen atoms in total. The van der Waals surface area contributed by atoms with Crippen molar-refractivity contribution in [3.63, 3.8) is 0 Å². The molecule has 1 aliphatic carbocycles. The van der Waals surface area contributed by atoms with Gasteiger partial charge in [0.1, 0.15) is 0 Å². The maximum absolute atomic E-state index is 11.7. The molecule has 0 saturated heterocycles. The monoisotopic (exact) mass is 323 g/mol. The Morgan fingerprint density at radius 1 is 1.57 bits per heavy atom. The van der Waals surface area contributed by atoms with Gasteiger partial charge in [-0.15, -0.1) is 12.4 Å². The molecule has 0 saturated carbocycles. The fourth-order valence-electron chi connectivity index (χ4n) is 2.32. The standard InChI is InChI=1S/C14H24N2O4.ClH/c1-4-10(5-2)20-12-7-9(14(18)19)6-11(15)13(12)16-8(3)17;/h7,10-13H,4-6,15H2,1-3H3,(H,16,17)(H,18,19);1H/t11-,12+,13+;/m0./s1/i3D3;. The lowest BCUT2D eigenvalue weighted by Gasteiger charge is -2.36. The molecule has 1 amide bonds. The van der Waals surface area contributed by atoms with Gasteiger partial charge in [0, 0.05) is 22.6 Å². The average molecular weight is 324 g/mol. The quantitative estimate of drug-likeness (QED) is 0.682. The molecule has 7 heteroatoms. The molecule has 0 aromatic rings. The van der Waals surface area contributed by atoms with Crippen LogP contribution in [0.15, 0.2) is 11.6 Å². The van der Waals surface area contributed by atoms with Crippen molar-refractivity contribution in [1.82, 2.24) is 5.32 Å². The SMILES string of the molecule is Cl.[2H]C([2H])([2H])C(=O)N[C@@H]1[C@@H](N)CC(C(=O)O)=C[C@H]1OC(CC)CC. The van der Waals surface area contributed by atoms with Crippen LogP contribution >= 0.6 is 12.4 Å². The molecule has 1 aliphatic rings. The molecule has 0 aromatic carbocycles. The molecule has 0 aromatic heterocycles. The van der Waals surface area contributed by atoms with Gasteiger partial charge in [0.15, 0.2) is 0 Å². The van der Waals surface area contributed by atoms with Crippen molar-refractivity contribution in [2.45, 2.75) is 64.3 Å². The number of nitrogens with one attached hydrogen (secondary N) is 1. The van der Waals surface area contributed by atoms with Crippen molar-refractivity contribution in [3.05, 3.63) is 11.6 Å². The highest BCUT2D eigenvalue weighted by Gasteiger charge is 2.35. The predicted octanol–water partition coefficient (Wildman–Crippen LogP) is 1.23. The van der Waals surface area contributed by atoms with Crippen molar-refractivity contribution < 1.29 is 23.5 Å². The van der Waals surface area contributed by atoms with E-state index in [9.17, 15) is 9.59 Å². The average Bonchev–Trinajstić information content (AvgIpc) is 2.45. The summed E-state index contributed by atoms with van der Waals surface area (Å²) in [5, 5.41) is 11.5. The minimum atomic E-state index is -2.80. The van der Waals surface area contributed by atoms with Gasteiger partial charge in [0.25, 0.3) is 0 Å². The maximum Gasteiger partial charge on any atom is 0.331 e. The molecule has 0 aliphatic heterocycles. The van der Waals surface area contributed by atoms with Crippen LogP contribution in [-0.4, -0.2) is 41.3 Å². The number of hydrogen-bond acceptors (Lipinski definition) is 4. The van der Waals surface area contributed by atoms with E-state index in [2.05, 4.69) is 5.32 Å². The summed E-state index contributed by atoms with van der Waals surface area (Å²) in [7, 11) is 0. The third-order valence-corrected chi connectivity index (χ3v) is 3.47. The summed E-state index contributed by atoms with van der Waals surface area (Å²) in [6, 6.07) is -1.52. The van der Waals surface area contributed by atoms with Crippen LogP contribution in [0.3, 0.4) is 0 Å². The van der Waals surface area contributed by atoms with Crippen molar-refractivity contribution in [3.8, 4) is 0 Å². The van der Waals surface area contributed by atoms with Crippen LogP contribution < -0.4 is 11.1 Å². The third-order valence-electron chi connectivity index (χ3n) is 3.47. The second-order valence-corrected chi connectivity index (χ2v) is 4.90. The predicted molar refractivity (Wildman–Crippen MR) is 82.4 cm³/mol. The Labute approximate surface area is 135 Å². The van der Waals surface area contributed by atoms with E-state index in [4.69, 9.17) is 19.7 Å². The van der Waals surface area contributed by atoms with E-state index in [0.29, 0.717) is 12.8 Å². The van der Waals surface area contributed by atoms with Crippen LogP contribution in [0.1, 0.15) is 44.1 Å². The van der Waals surface area contributed by atoms with Gasteiger partial charge in [-0.05, 0) is 25.3 Å². The Bertz CT molecular complexity index is 481. The van der Waals surface area contributed by atoms with E-state index < -0.39 is 36.9 Å². The van der Waals surface area contributed by atoms with Gasteiger partial charge in [-0.2, -0.15) is 0 Å². The number of rotatable bonds is 6. The van der Waals surface area contributed by atoms with Gasteiger partial charge >= 0.3 is 5.97 Å². The highest BCUT2D eigenvalue weighted by atomic mass is 35.5. The summed E-state index contributed by atoms with van der Waals surface area (Å²) in [6.07, 6.45) is 1.94. The number of hydrogen-bond donors (Lipinski definition) is 3. The molecule has 3 atom stereocenters. The van der Waals surface area contributed by atoms with Gasteiger partial charge in [0.05, 0.1) is 18.2 Å². The summed E-state index contributed by atoms with van der Waals surface area (Å²) in [6.45, 7) is 1.06. The summed E-state index contributed by atoms with van der Waals surface area (Å²) < 4.78 is 27.3. The normalized spacial score (nSPS) is 27.7. The summed E-state index contributed by atoms with van der Waals surface area (Å²) in [4.78, 5) is 22.9. The zero-order valence-electron chi connectivity index (χ0n) is 15.2. The first-order valence-corrected chi connectivity index (χ1v) is 6.76. The molecule has 0 bridgehead atoms. The largest absolute Gasteiger partial charge is 0.478 e. The summed E-state index contributed by atoms with van der Waals surface area (Å²) >= 11 is 0. The molecular formula is C14H25ClN2O4. The topological polar surface area (TPSA) is 102 Å². The number of carboxylic acid groups (broad SMARTS) is 1. The van der Waals surface area contributed by atoms with Gasteiger partial charge < -0.3 is 20.9 Å². The number of carbonyl (C=O) groups excluding carboxylic acids is 1. The summed E-state index contributed by atoms with van der Waals surface area (Å²) in [5.74, 6) is -2.22. The third kappa shape index (κ3) is 5.65. The minimum Gasteiger partial charge on any atom is -0.478 e. The molecule has 0 spiro atoms. The van der Waals surface area contributed by atoms with Crippen LogP contribution in [0.4, 0.5) is 0 Å². The van der Waals surface area contributed by atoms with Crippen LogP contribution in [0.5, 0.6) is 0 Å². The van der Waals surface area contributed by atoms with Crippen molar-refractivity contribution in [2.24, 2.45) is 5.73 Å². The van der Waals surface area contributed by atoms with E-state index in [-0.39, 0.29) is 30.5 Å². The van der Waals surface area contributed by atoms with E-state index >= 15 is 0 Å². The maximum atomic E-state index is 11.7. The second-order valence-electron chi connectivity index (χ2n) is 4.90. The first kappa shape index (κ1) is 14.8. The lowest BCUT2D eigenvalue weighted by Crippen LogP contribution is -2.57. The highest BCUT2D eigenvalue weighted by molar-refractivity contribution is 5.87. The second kappa shape index (κ2) is 9.02. The van der Waals surface area contributed by atoms with E-state index in [1.54, 1.807) is 0 Å². The molecule has 0 fully saturated rings.